The molecular weight excluding hydrogens is 428 g/mol. The molecule has 7 heteroatoms. The van der Waals surface area contributed by atoms with Crippen LogP contribution in [-0.2, 0) is 14.4 Å². The first-order valence-corrected chi connectivity index (χ1v) is 10.6. The lowest BCUT2D eigenvalue weighted by atomic mass is 9.76. The van der Waals surface area contributed by atoms with E-state index in [-0.39, 0.29) is 5.91 Å². The van der Waals surface area contributed by atoms with Gasteiger partial charge in [-0.05, 0) is 61.0 Å². The number of methoxy groups -OCH3 is 1. The lowest BCUT2D eigenvalue weighted by molar-refractivity contribution is -0.128. The second-order valence-corrected chi connectivity index (χ2v) is 8.50. The van der Waals surface area contributed by atoms with Gasteiger partial charge in [0, 0.05) is 5.02 Å². The number of amides is 2. The number of anilines is 2. The fraction of sp³-hybridized carbons (Fsp3) is 0.200. The second kappa shape index (κ2) is 7.65. The molecule has 0 unspecified atom stereocenters. The van der Waals surface area contributed by atoms with Gasteiger partial charge >= 0.3 is 0 Å². The Bertz CT molecular complexity index is 1170. The molecule has 3 atom stereocenters. The number of carbonyl (C=O) groups is 2. The highest BCUT2D eigenvalue weighted by atomic mass is 35.5. The molecule has 0 N–H and O–H groups in total. The van der Waals surface area contributed by atoms with Crippen molar-refractivity contribution in [2.24, 2.45) is 5.41 Å². The second-order valence-electron chi connectivity index (χ2n) is 8.06. The number of halogens is 1. The number of fused-ring (bicyclic) bond motifs is 1. The van der Waals surface area contributed by atoms with Crippen molar-refractivity contribution in [3.8, 4) is 5.75 Å². The van der Waals surface area contributed by atoms with E-state index in [0.29, 0.717) is 16.5 Å². The molecule has 5 rings (SSSR count). The van der Waals surface area contributed by atoms with Crippen molar-refractivity contribution in [3.05, 3.63) is 89.4 Å². The molecule has 2 aliphatic rings. The number of benzene rings is 3. The largest absolute Gasteiger partial charge is 0.497 e. The van der Waals surface area contributed by atoms with Gasteiger partial charge in [-0.3, -0.25) is 14.4 Å². The van der Waals surface area contributed by atoms with E-state index in [1.54, 1.807) is 43.4 Å². The molecule has 0 radical (unpaired) electrons. The van der Waals surface area contributed by atoms with Gasteiger partial charge in [0.2, 0.25) is 5.91 Å². The van der Waals surface area contributed by atoms with Crippen molar-refractivity contribution >= 4 is 34.8 Å². The van der Waals surface area contributed by atoms with Crippen LogP contribution in [0.4, 0.5) is 11.4 Å². The smallest absolute Gasteiger partial charge is 0.266 e. The van der Waals surface area contributed by atoms with Gasteiger partial charge in [0.25, 0.3) is 5.91 Å². The predicted octanol–water partition coefficient (Wildman–Crippen LogP) is 4.79. The Morgan fingerprint density at radius 3 is 2.19 bits per heavy atom. The molecule has 0 aromatic heterocycles. The van der Waals surface area contributed by atoms with Crippen molar-refractivity contribution in [2.75, 3.05) is 17.1 Å². The molecule has 162 valence electrons. The summed E-state index contributed by atoms with van der Waals surface area (Å²) < 4.78 is 5.29. The molecule has 2 aliphatic heterocycles. The first kappa shape index (κ1) is 20.5. The summed E-state index contributed by atoms with van der Waals surface area (Å²) in [5, 5.41) is 2.21. The molecule has 0 saturated carbocycles. The van der Waals surface area contributed by atoms with Crippen LogP contribution in [0, 0.1) is 5.41 Å². The van der Waals surface area contributed by atoms with Gasteiger partial charge in [-0.2, -0.15) is 0 Å². The van der Waals surface area contributed by atoms with E-state index in [1.807, 2.05) is 54.6 Å². The number of hydrogen-bond donors (Lipinski definition) is 0. The van der Waals surface area contributed by atoms with Crippen molar-refractivity contribution in [1.82, 2.24) is 0 Å². The van der Waals surface area contributed by atoms with E-state index in [9.17, 15) is 9.59 Å². The van der Waals surface area contributed by atoms with E-state index in [0.717, 1.165) is 11.3 Å². The zero-order valence-electron chi connectivity index (χ0n) is 17.6. The normalized spacial score (nSPS) is 24.7. The number of hydroxylamine groups is 1. The maximum absolute atomic E-state index is 13.8. The van der Waals surface area contributed by atoms with E-state index < -0.39 is 23.5 Å². The molecular formula is C25H21ClN2O4. The summed E-state index contributed by atoms with van der Waals surface area (Å²) in [4.78, 5) is 34.7. The maximum atomic E-state index is 13.8. The van der Waals surface area contributed by atoms with Crippen molar-refractivity contribution in [2.45, 2.75) is 19.1 Å². The molecule has 2 heterocycles. The molecule has 2 fully saturated rings. The Balaban J connectivity index is 1.62. The van der Waals surface area contributed by atoms with Crippen LogP contribution >= 0.6 is 11.6 Å². The Morgan fingerprint density at radius 2 is 1.56 bits per heavy atom. The first-order valence-electron chi connectivity index (χ1n) is 10.2. The maximum Gasteiger partial charge on any atom is 0.266 e. The summed E-state index contributed by atoms with van der Waals surface area (Å²) in [7, 11) is 1.60. The summed E-state index contributed by atoms with van der Waals surface area (Å²) in [6, 6.07) is 23.1. The summed E-state index contributed by atoms with van der Waals surface area (Å²) in [5.74, 6) is 0.00285. The summed E-state index contributed by atoms with van der Waals surface area (Å²) in [5.41, 5.74) is 0.950. The van der Waals surface area contributed by atoms with Crippen LogP contribution in [0.5, 0.6) is 5.75 Å². The Morgan fingerprint density at radius 1 is 0.906 bits per heavy atom. The zero-order chi connectivity index (χ0) is 22.5. The van der Waals surface area contributed by atoms with Crippen molar-refractivity contribution in [1.29, 1.82) is 0 Å². The molecule has 3 aromatic rings. The monoisotopic (exact) mass is 448 g/mol. The van der Waals surface area contributed by atoms with Gasteiger partial charge in [-0.1, -0.05) is 41.9 Å². The van der Waals surface area contributed by atoms with E-state index >= 15 is 0 Å². The quantitative estimate of drug-likeness (QED) is 0.537. The first-order chi connectivity index (χ1) is 15.4. The van der Waals surface area contributed by atoms with E-state index in [1.165, 1.54) is 4.90 Å². The number of imide groups is 1. The van der Waals surface area contributed by atoms with Gasteiger partial charge in [0.05, 0.1) is 24.5 Å². The number of ether oxygens (including phenoxy) is 1. The van der Waals surface area contributed by atoms with Crippen LogP contribution in [0.2, 0.25) is 5.02 Å². The van der Waals surface area contributed by atoms with Crippen LogP contribution in [0.15, 0.2) is 78.9 Å². The molecule has 0 bridgehead atoms. The molecule has 0 aliphatic carbocycles. The zero-order valence-corrected chi connectivity index (χ0v) is 18.3. The van der Waals surface area contributed by atoms with Crippen molar-refractivity contribution < 1.29 is 19.2 Å². The summed E-state index contributed by atoms with van der Waals surface area (Å²) >= 11 is 6.00. The number of rotatable bonds is 4. The SMILES string of the molecule is COc1ccc([C@@H]2N(c3ccccc3)O[C@@H]3C(=O)N(c4ccc(Cl)cc4)C(=O)[C@]32C)cc1. The Labute approximate surface area is 190 Å². The number of hydrogen-bond acceptors (Lipinski definition) is 5. The van der Waals surface area contributed by atoms with Crippen LogP contribution in [0.1, 0.15) is 18.5 Å². The molecule has 2 amide bonds. The number of para-hydroxylation sites is 1. The number of nitrogens with zero attached hydrogens (tertiary/aromatic N) is 2. The fourth-order valence-corrected chi connectivity index (χ4v) is 4.67. The third kappa shape index (κ3) is 2.98. The minimum absolute atomic E-state index is 0.311. The molecule has 0 spiro atoms. The third-order valence-corrected chi connectivity index (χ3v) is 6.45. The van der Waals surface area contributed by atoms with Gasteiger partial charge < -0.3 is 4.74 Å². The Kier molecular flexibility index (Phi) is 4.92. The van der Waals surface area contributed by atoms with Gasteiger partial charge in [0.1, 0.15) is 11.2 Å². The highest BCUT2D eigenvalue weighted by Gasteiger charge is 2.68. The average molecular weight is 449 g/mol. The van der Waals surface area contributed by atoms with Gasteiger partial charge in [-0.15, -0.1) is 0 Å². The predicted molar refractivity (Wildman–Crippen MR) is 122 cm³/mol. The van der Waals surface area contributed by atoms with Gasteiger partial charge in [0.15, 0.2) is 6.10 Å². The van der Waals surface area contributed by atoms with Crippen LogP contribution in [-0.4, -0.2) is 25.0 Å². The number of carbonyl (C=O) groups excluding carboxylic acids is 2. The fourth-order valence-electron chi connectivity index (χ4n) is 4.55. The standard InChI is InChI=1S/C25H21ClN2O4/c1-25-21(16-8-14-20(31-2)15-9-16)28(19-6-4-3-5-7-19)32-22(25)23(29)27(24(25)30)18-12-10-17(26)11-13-18/h3-15,21-22H,1-2H3/t21-,22+,25-/m0/s1. The topological polar surface area (TPSA) is 59.1 Å². The molecule has 3 aromatic carbocycles. The highest BCUT2D eigenvalue weighted by molar-refractivity contribution is 6.31. The lowest BCUT2D eigenvalue weighted by Crippen LogP contribution is -2.41. The summed E-state index contributed by atoms with van der Waals surface area (Å²) in [6.07, 6.45) is -0.960. The highest BCUT2D eigenvalue weighted by Crippen LogP contribution is 2.55. The van der Waals surface area contributed by atoms with Crippen molar-refractivity contribution in [3.63, 3.8) is 0 Å². The van der Waals surface area contributed by atoms with Crippen LogP contribution < -0.4 is 14.7 Å². The van der Waals surface area contributed by atoms with E-state index in [2.05, 4.69) is 0 Å². The average Bonchev–Trinajstić information content (AvgIpc) is 3.23. The summed E-state index contributed by atoms with van der Waals surface area (Å²) in [6.45, 7) is 1.80. The van der Waals surface area contributed by atoms with E-state index in [4.69, 9.17) is 21.2 Å². The molecule has 32 heavy (non-hydrogen) atoms. The molecule has 2 saturated heterocycles. The lowest BCUT2D eigenvalue weighted by Gasteiger charge is -2.32. The molecule has 6 nitrogen and oxygen atoms in total. The van der Waals surface area contributed by atoms with Crippen LogP contribution in [0.25, 0.3) is 0 Å². The van der Waals surface area contributed by atoms with Gasteiger partial charge in [-0.25, -0.2) is 9.96 Å². The minimum atomic E-state index is -1.14. The Hall–Kier alpha value is -3.35. The third-order valence-electron chi connectivity index (χ3n) is 6.20. The minimum Gasteiger partial charge on any atom is -0.497 e. The van der Waals surface area contributed by atoms with Crippen LogP contribution in [0.3, 0.4) is 0 Å².